The maximum atomic E-state index is 12.7. The lowest BCUT2D eigenvalue weighted by atomic mass is 9.91. The maximum Gasteiger partial charge on any atom is 0.343 e. The highest BCUT2D eigenvalue weighted by Crippen LogP contribution is 2.29. The third-order valence-electron chi connectivity index (χ3n) is 7.33. The molecule has 0 aromatic heterocycles. The predicted octanol–water partition coefficient (Wildman–Crippen LogP) is 7.86. The van der Waals surface area contributed by atoms with E-state index in [9.17, 15) is 14.4 Å². The van der Waals surface area contributed by atoms with Crippen molar-refractivity contribution in [2.24, 2.45) is 5.41 Å². The van der Waals surface area contributed by atoms with Gasteiger partial charge in [-0.15, -0.1) is 0 Å². The fraction of sp³-hybridized carbons (Fsp3) is 0.500. The average Bonchev–Trinajstić information content (AvgIpc) is 3.04. The van der Waals surface area contributed by atoms with Crippen LogP contribution in [0.4, 0.5) is 0 Å². The van der Waals surface area contributed by atoms with Crippen LogP contribution >= 0.6 is 0 Å². The molecule has 45 heavy (non-hydrogen) atoms. The van der Waals surface area contributed by atoms with Crippen LogP contribution in [0, 0.1) is 16.7 Å². The minimum atomic E-state index is -0.556. The van der Waals surface area contributed by atoms with Gasteiger partial charge >= 0.3 is 17.9 Å². The average molecular weight is 622 g/mol. The van der Waals surface area contributed by atoms with Crippen LogP contribution in [0.1, 0.15) is 101 Å². The number of carbonyl (C=O) groups excluding carboxylic acids is 3. The summed E-state index contributed by atoms with van der Waals surface area (Å²) in [6.45, 7) is 7.00. The van der Waals surface area contributed by atoms with Gasteiger partial charge in [0.15, 0.2) is 11.5 Å². The molecular weight excluding hydrogens is 574 g/mol. The number of nitrogens with zero attached hydrogens (tertiary/aromatic N) is 1. The molecule has 0 radical (unpaired) electrons. The van der Waals surface area contributed by atoms with Crippen molar-refractivity contribution in [2.75, 3.05) is 26.9 Å². The quantitative estimate of drug-likeness (QED) is 0.0593. The summed E-state index contributed by atoms with van der Waals surface area (Å²) >= 11 is 0. The van der Waals surface area contributed by atoms with Gasteiger partial charge in [0.05, 0.1) is 43.8 Å². The number of rotatable bonds is 21. The van der Waals surface area contributed by atoms with Gasteiger partial charge in [0, 0.05) is 6.08 Å². The number of benzene rings is 2. The van der Waals surface area contributed by atoms with E-state index >= 15 is 0 Å². The Kier molecular flexibility index (Phi) is 16.9. The molecule has 0 aliphatic rings. The lowest BCUT2D eigenvalue weighted by molar-refractivity contribution is -0.154. The van der Waals surface area contributed by atoms with E-state index in [0.29, 0.717) is 35.8 Å². The van der Waals surface area contributed by atoms with Crippen LogP contribution in [0.2, 0.25) is 0 Å². The van der Waals surface area contributed by atoms with Gasteiger partial charge in [-0.25, -0.2) is 9.59 Å². The van der Waals surface area contributed by atoms with Crippen LogP contribution in [0.15, 0.2) is 48.5 Å². The van der Waals surface area contributed by atoms with Gasteiger partial charge in [-0.3, -0.25) is 4.79 Å². The molecule has 9 nitrogen and oxygen atoms in total. The van der Waals surface area contributed by atoms with Crippen molar-refractivity contribution in [3.8, 4) is 23.3 Å². The summed E-state index contributed by atoms with van der Waals surface area (Å²) in [4.78, 5) is 36.4. The molecule has 0 aliphatic heterocycles. The molecule has 0 spiro atoms. The Hall–Kier alpha value is -4.32. The Bertz CT molecular complexity index is 1280. The summed E-state index contributed by atoms with van der Waals surface area (Å²) in [5.41, 5.74) is 0.623. The van der Waals surface area contributed by atoms with E-state index in [0.717, 1.165) is 44.9 Å². The topological polar surface area (TPSA) is 121 Å². The number of esters is 3. The first-order valence-corrected chi connectivity index (χ1v) is 15.7. The monoisotopic (exact) mass is 621 g/mol. The molecule has 0 saturated carbocycles. The number of methoxy groups -OCH3 is 1. The van der Waals surface area contributed by atoms with Crippen molar-refractivity contribution in [1.82, 2.24) is 0 Å². The lowest BCUT2D eigenvalue weighted by Gasteiger charge is -2.20. The third-order valence-corrected chi connectivity index (χ3v) is 7.33. The molecule has 2 rings (SSSR count). The molecule has 244 valence electrons. The van der Waals surface area contributed by atoms with Gasteiger partial charge in [0.1, 0.15) is 12.4 Å². The minimum Gasteiger partial charge on any atom is -0.494 e. The summed E-state index contributed by atoms with van der Waals surface area (Å²) in [7, 11) is 1.46. The van der Waals surface area contributed by atoms with Crippen molar-refractivity contribution in [1.29, 1.82) is 5.26 Å². The van der Waals surface area contributed by atoms with E-state index in [1.54, 1.807) is 48.5 Å². The largest absolute Gasteiger partial charge is 0.494 e. The Morgan fingerprint density at radius 3 is 2.09 bits per heavy atom. The van der Waals surface area contributed by atoms with E-state index in [4.69, 9.17) is 28.9 Å². The second kappa shape index (κ2) is 20.6. The summed E-state index contributed by atoms with van der Waals surface area (Å²) < 4.78 is 27.0. The third kappa shape index (κ3) is 14.3. The van der Waals surface area contributed by atoms with Gasteiger partial charge in [0.25, 0.3) is 0 Å². The Labute approximate surface area is 267 Å². The minimum absolute atomic E-state index is 0.0358. The van der Waals surface area contributed by atoms with Crippen molar-refractivity contribution in [2.45, 2.75) is 85.0 Å². The van der Waals surface area contributed by atoms with E-state index in [-0.39, 0.29) is 24.7 Å². The van der Waals surface area contributed by atoms with E-state index in [2.05, 4.69) is 0 Å². The van der Waals surface area contributed by atoms with Gasteiger partial charge < -0.3 is 23.7 Å². The number of unbranched alkanes of at least 4 members (excludes halogenated alkanes) is 7. The molecule has 0 N–H and O–H groups in total. The Morgan fingerprint density at radius 2 is 1.47 bits per heavy atom. The standard InChI is InChI=1S/C36H47NO8/c1-5-36(2,3)35(40)44-25-13-11-9-7-6-8-10-12-24-42-30-19-17-29(18-20-30)34(39)45-31-21-15-28(27-32(31)41-4)16-22-33(38)43-26-14-23-37/h15-22,27H,5-14,24-26H2,1-4H3/b22-16+. The van der Waals surface area contributed by atoms with Crippen LogP contribution in [-0.4, -0.2) is 44.8 Å². The predicted molar refractivity (Wildman–Crippen MR) is 172 cm³/mol. The number of nitriles is 1. The number of ether oxygens (including phenoxy) is 5. The molecule has 0 amide bonds. The first kappa shape index (κ1) is 36.9. The zero-order valence-corrected chi connectivity index (χ0v) is 27.1. The van der Waals surface area contributed by atoms with Crippen LogP contribution in [0.5, 0.6) is 17.2 Å². The Morgan fingerprint density at radius 1 is 0.822 bits per heavy atom. The summed E-state index contributed by atoms with van der Waals surface area (Å²) in [5.74, 6) is 0.0684. The molecule has 9 heteroatoms. The zero-order valence-electron chi connectivity index (χ0n) is 27.1. The second-order valence-corrected chi connectivity index (χ2v) is 11.3. The molecule has 2 aromatic carbocycles. The smallest absolute Gasteiger partial charge is 0.343 e. The van der Waals surface area contributed by atoms with Crippen molar-refractivity contribution < 1.29 is 38.1 Å². The van der Waals surface area contributed by atoms with Crippen LogP contribution in [0.25, 0.3) is 6.08 Å². The number of hydrogen-bond donors (Lipinski definition) is 0. The molecule has 0 saturated heterocycles. The molecular formula is C36H47NO8. The van der Waals surface area contributed by atoms with Crippen molar-refractivity contribution in [3.63, 3.8) is 0 Å². The van der Waals surface area contributed by atoms with Crippen LogP contribution in [-0.2, 0) is 19.1 Å². The molecule has 0 aliphatic carbocycles. The van der Waals surface area contributed by atoms with Crippen LogP contribution < -0.4 is 14.2 Å². The van der Waals surface area contributed by atoms with E-state index in [1.165, 1.54) is 26.0 Å². The van der Waals surface area contributed by atoms with Gasteiger partial charge in [-0.05, 0) is 81.1 Å². The molecule has 0 heterocycles. The highest BCUT2D eigenvalue weighted by Gasteiger charge is 2.26. The summed E-state index contributed by atoms with van der Waals surface area (Å²) in [6.07, 6.45) is 12.4. The first-order chi connectivity index (χ1) is 21.7. The highest BCUT2D eigenvalue weighted by atomic mass is 16.6. The fourth-order valence-corrected chi connectivity index (χ4v) is 4.09. The van der Waals surface area contributed by atoms with E-state index < -0.39 is 17.4 Å². The highest BCUT2D eigenvalue weighted by molar-refractivity contribution is 5.91. The first-order valence-electron chi connectivity index (χ1n) is 15.7. The molecule has 0 fully saturated rings. The van der Waals surface area contributed by atoms with Crippen molar-refractivity contribution >= 4 is 24.0 Å². The fourth-order valence-electron chi connectivity index (χ4n) is 4.09. The molecule has 0 atom stereocenters. The van der Waals surface area contributed by atoms with Crippen LogP contribution in [0.3, 0.4) is 0 Å². The lowest BCUT2D eigenvalue weighted by Crippen LogP contribution is -2.26. The molecule has 0 unspecified atom stereocenters. The number of hydrogen-bond acceptors (Lipinski definition) is 9. The second-order valence-electron chi connectivity index (χ2n) is 11.3. The van der Waals surface area contributed by atoms with Gasteiger partial charge in [-0.2, -0.15) is 5.26 Å². The van der Waals surface area contributed by atoms with Gasteiger partial charge in [-0.1, -0.05) is 51.5 Å². The van der Waals surface area contributed by atoms with E-state index in [1.807, 2.05) is 26.8 Å². The number of carbonyl (C=O) groups is 3. The zero-order chi connectivity index (χ0) is 32.9. The van der Waals surface area contributed by atoms with Gasteiger partial charge in [0.2, 0.25) is 0 Å². The molecule has 2 aromatic rings. The van der Waals surface area contributed by atoms with Crippen molar-refractivity contribution in [3.05, 3.63) is 59.7 Å². The summed E-state index contributed by atoms with van der Waals surface area (Å²) in [5, 5.41) is 8.51. The Balaban J connectivity index is 1.63. The maximum absolute atomic E-state index is 12.7. The normalized spacial score (nSPS) is 11.1. The SMILES string of the molecule is CCC(C)(C)C(=O)OCCCCCCCCCCOc1ccc(C(=O)Oc2ccc(/C=C/C(=O)OCCC#N)cc2OC)cc1. The summed E-state index contributed by atoms with van der Waals surface area (Å²) in [6, 6.07) is 13.6. The molecule has 0 bridgehead atoms.